The molecule has 0 bridgehead atoms. The van der Waals surface area contributed by atoms with Crippen LogP contribution in [-0.4, -0.2) is 62.5 Å². The van der Waals surface area contributed by atoms with Crippen LogP contribution in [0.25, 0.3) is 0 Å². The normalized spacial score (nSPS) is 14.4. The second kappa shape index (κ2) is 13.1. The Balaban J connectivity index is 0.000000547. The summed E-state index contributed by atoms with van der Waals surface area (Å²) in [6.07, 6.45) is 11.2. The predicted octanol–water partition coefficient (Wildman–Crippen LogP) is 1.08. The smallest absolute Gasteiger partial charge is 0.407 e. The van der Waals surface area contributed by atoms with Gasteiger partial charge in [0.15, 0.2) is 0 Å². The van der Waals surface area contributed by atoms with E-state index in [1.54, 1.807) is 6.26 Å². The van der Waals surface area contributed by atoms with E-state index in [1.807, 2.05) is 26.9 Å². The zero-order chi connectivity index (χ0) is 19.1. The average molecular weight is 348 g/mol. The number of nitrogens with zero attached hydrogens (tertiary/aromatic N) is 2. The van der Waals surface area contributed by atoms with Gasteiger partial charge in [-0.2, -0.15) is 0 Å². The molecule has 1 heterocycles. The zero-order valence-corrected chi connectivity index (χ0v) is 15.7. The topological polar surface area (TPSA) is 86.6 Å². The number of hydrogen-bond acceptors (Lipinski definition) is 6. The first-order valence-electron chi connectivity index (χ1n) is 8.35. The molecule has 1 aliphatic heterocycles. The summed E-state index contributed by atoms with van der Waals surface area (Å²) in [5.74, 6) is 2.62. The number of amides is 1. The third kappa shape index (κ3) is 13.9. The maximum absolute atomic E-state index is 10.5. The Labute approximate surface area is 152 Å². The van der Waals surface area contributed by atoms with E-state index >= 15 is 0 Å². The molecule has 1 saturated heterocycles. The predicted molar refractivity (Wildman–Crippen MR) is 99.9 cm³/mol. The molecule has 7 nitrogen and oxygen atoms in total. The number of rotatable bonds is 5. The fraction of sp³-hybridized carbons (Fsp3) is 0.706. The van der Waals surface area contributed by atoms with Crippen LogP contribution in [0.3, 0.4) is 0 Å². The van der Waals surface area contributed by atoms with Gasteiger partial charge in [-0.25, -0.2) is 4.79 Å². The maximum Gasteiger partial charge on any atom is 0.407 e. The first-order chi connectivity index (χ1) is 11.8. The van der Waals surface area contributed by atoms with Gasteiger partial charge in [0.25, 0.3) is 0 Å². The van der Waals surface area contributed by atoms with Gasteiger partial charge in [0.1, 0.15) is 5.60 Å². The van der Waals surface area contributed by atoms with Gasteiger partial charge in [-0.1, -0.05) is 0 Å². The Hall–Kier alpha value is -2.19. The van der Waals surface area contributed by atoms with Gasteiger partial charge < -0.3 is 10.1 Å². The Morgan fingerprint density at radius 3 is 2.52 bits per heavy atom. The van der Waals surface area contributed by atoms with E-state index in [0.717, 1.165) is 38.9 Å². The summed E-state index contributed by atoms with van der Waals surface area (Å²) < 4.78 is 9.32. The van der Waals surface area contributed by atoms with Crippen LogP contribution in [0.1, 0.15) is 40.0 Å². The fourth-order valence-corrected chi connectivity index (χ4v) is 2.08. The van der Waals surface area contributed by atoms with Crippen molar-refractivity contribution in [3.05, 3.63) is 0 Å². The molecule has 0 radical (unpaired) electrons. The third-order valence-corrected chi connectivity index (χ3v) is 3.23. The number of ether oxygens (including phenoxy) is 1. The second-order valence-electron chi connectivity index (χ2n) is 6.46. The van der Waals surface area contributed by atoms with Crippen LogP contribution in [0.4, 0.5) is 4.79 Å². The van der Waals surface area contributed by atoms with E-state index in [4.69, 9.17) is 16.4 Å². The average Bonchev–Trinajstić information content (AvgIpc) is 2.56. The Bertz CT molecular complexity index is 484. The van der Waals surface area contributed by atoms with Gasteiger partial charge in [-0.15, -0.1) is 0 Å². The maximum atomic E-state index is 10.5. The van der Waals surface area contributed by atoms with Crippen LogP contribution >= 0.6 is 0 Å². The van der Waals surface area contributed by atoms with Crippen LogP contribution in [0.15, 0.2) is 0 Å². The SMILES string of the molecule is C#CCCNC1CCN(C=BOC#N)CC1.CNC(=O)OC(C)(C)C. The molecular formula is C17H29BN4O3. The number of terminal acetylenes is 1. The van der Waals surface area contributed by atoms with E-state index in [0.29, 0.717) is 6.04 Å². The summed E-state index contributed by atoms with van der Waals surface area (Å²) in [7, 11) is 2.96. The van der Waals surface area contributed by atoms with Crippen molar-refractivity contribution in [2.75, 3.05) is 26.7 Å². The molecule has 2 N–H and O–H groups in total. The summed E-state index contributed by atoms with van der Waals surface area (Å²) >= 11 is 0. The van der Waals surface area contributed by atoms with E-state index < -0.39 is 0 Å². The van der Waals surface area contributed by atoms with Crippen LogP contribution in [0.2, 0.25) is 0 Å². The van der Waals surface area contributed by atoms with Crippen molar-refractivity contribution in [3.63, 3.8) is 0 Å². The van der Waals surface area contributed by atoms with Crippen molar-refractivity contribution < 1.29 is 14.2 Å². The van der Waals surface area contributed by atoms with E-state index in [-0.39, 0.29) is 11.7 Å². The summed E-state index contributed by atoms with van der Waals surface area (Å²) in [5.41, 5.74) is -0.389. The van der Waals surface area contributed by atoms with Crippen molar-refractivity contribution in [3.8, 4) is 18.6 Å². The number of likely N-dealkylation sites (tertiary alicyclic amines) is 1. The minimum absolute atomic E-state index is 0.387. The molecule has 0 saturated carbocycles. The molecule has 0 aromatic heterocycles. The van der Waals surface area contributed by atoms with Crippen LogP contribution < -0.4 is 10.6 Å². The number of nitrogens with one attached hydrogen (secondary N) is 2. The molecule has 0 aromatic rings. The van der Waals surface area contributed by atoms with Crippen molar-refractivity contribution >= 4 is 19.3 Å². The van der Waals surface area contributed by atoms with E-state index in [1.165, 1.54) is 14.2 Å². The standard InChI is InChI=1S/C11H16BN3O.C6H13NO2/c1-2-3-6-14-11-4-7-15(8-5-11)9-12-16-10-13;1-6(2,3)9-5(8)7-4/h1,9,11,14H,3-8H2;1-4H3,(H,7,8). The van der Waals surface area contributed by atoms with Crippen molar-refractivity contribution in [1.29, 1.82) is 5.26 Å². The Morgan fingerprint density at radius 1 is 1.44 bits per heavy atom. The van der Waals surface area contributed by atoms with Gasteiger partial charge in [-0.3, -0.25) is 0 Å². The number of piperidine rings is 1. The summed E-state index contributed by atoms with van der Waals surface area (Å²) in [6, 6.07) is 0.565. The molecule has 138 valence electrons. The molecule has 0 unspecified atom stereocenters. The Kier molecular flexibility index (Phi) is 12.0. The number of nitriles is 1. The number of hydrogen-bond donors (Lipinski definition) is 2. The van der Waals surface area contributed by atoms with Gasteiger partial charge in [-0.05, 0) is 20.8 Å². The molecule has 0 spiro atoms. The number of alkyl carbamates (subject to hydrolysis) is 1. The molecule has 1 aliphatic rings. The molecule has 1 fully saturated rings. The van der Waals surface area contributed by atoms with E-state index in [2.05, 4.69) is 26.1 Å². The van der Waals surface area contributed by atoms with Crippen molar-refractivity contribution in [1.82, 2.24) is 15.5 Å². The molecule has 0 aromatic carbocycles. The van der Waals surface area contributed by atoms with Crippen LogP contribution in [0, 0.1) is 23.9 Å². The monoisotopic (exact) mass is 348 g/mol. The summed E-state index contributed by atoms with van der Waals surface area (Å²) in [5, 5.41) is 14.0. The second-order valence-corrected chi connectivity index (χ2v) is 6.46. The molecule has 1 amide bonds. The number of carbonyl (C=O) groups is 1. The summed E-state index contributed by atoms with van der Waals surface area (Å²) in [4.78, 5) is 12.6. The third-order valence-electron chi connectivity index (χ3n) is 3.23. The van der Waals surface area contributed by atoms with E-state index in [9.17, 15) is 4.79 Å². The van der Waals surface area contributed by atoms with Crippen LogP contribution in [-0.2, 0) is 9.39 Å². The molecule has 0 aliphatic carbocycles. The largest absolute Gasteiger partial charge is 0.444 e. The first kappa shape index (κ1) is 22.8. The molecule has 8 heteroatoms. The quantitative estimate of drug-likeness (QED) is 0.335. The minimum atomic E-state index is -0.389. The van der Waals surface area contributed by atoms with Gasteiger partial charge >= 0.3 is 103 Å². The number of carbonyl (C=O) groups excluding carboxylic acids is 1. The molecule has 25 heavy (non-hydrogen) atoms. The van der Waals surface area contributed by atoms with Crippen molar-refractivity contribution in [2.45, 2.75) is 51.7 Å². The molecule has 1 rings (SSSR count). The zero-order valence-electron chi connectivity index (χ0n) is 15.7. The van der Waals surface area contributed by atoms with Gasteiger partial charge in [0.2, 0.25) is 0 Å². The fourth-order valence-electron chi connectivity index (χ4n) is 2.08. The molecular weight excluding hydrogens is 319 g/mol. The molecule has 0 atom stereocenters. The summed E-state index contributed by atoms with van der Waals surface area (Å²) in [6.45, 7) is 8.33. The van der Waals surface area contributed by atoms with Crippen LogP contribution in [0.5, 0.6) is 0 Å². The Morgan fingerprint density at radius 2 is 2.08 bits per heavy atom. The van der Waals surface area contributed by atoms with Gasteiger partial charge in [0, 0.05) is 7.05 Å². The minimum Gasteiger partial charge on any atom is -0.444 e. The first-order valence-corrected chi connectivity index (χ1v) is 8.35. The van der Waals surface area contributed by atoms with Gasteiger partial charge in [0.05, 0.1) is 0 Å². The van der Waals surface area contributed by atoms with Crippen molar-refractivity contribution in [2.24, 2.45) is 0 Å².